The normalized spacial score (nSPS) is 13.2. The molecule has 0 aliphatic carbocycles. The number of hydrogen-bond acceptors (Lipinski definition) is 4. The zero-order valence-corrected chi connectivity index (χ0v) is 14.3. The number of aromatic nitrogens is 4. The zero-order valence-electron chi connectivity index (χ0n) is 13.5. The molecule has 0 fully saturated rings. The molecule has 2 heterocycles. The summed E-state index contributed by atoms with van der Waals surface area (Å²) >= 11 is 0. The van der Waals surface area contributed by atoms with E-state index < -0.39 is 10.0 Å². The van der Waals surface area contributed by atoms with Crippen molar-refractivity contribution in [3.63, 3.8) is 0 Å². The minimum Gasteiger partial charge on any atom is -0.249 e. The lowest BCUT2D eigenvalue weighted by Gasteiger charge is -2.11. The summed E-state index contributed by atoms with van der Waals surface area (Å²) < 4.78 is 28.4. The number of para-hydroxylation sites is 1. The molecule has 2 aromatic heterocycles. The van der Waals surface area contributed by atoms with Gasteiger partial charge in [-0.3, -0.25) is 0 Å². The van der Waals surface area contributed by atoms with E-state index in [0.29, 0.717) is 0 Å². The van der Waals surface area contributed by atoms with Crippen LogP contribution in [0.4, 0.5) is 0 Å². The summed E-state index contributed by atoms with van der Waals surface area (Å²) in [5, 5.41) is 8.37. The Morgan fingerprint density at radius 3 is 2.48 bits per heavy atom. The molecule has 0 radical (unpaired) electrons. The largest absolute Gasteiger partial charge is 0.267 e. The highest BCUT2D eigenvalue weighted by Gasteiger charge is 2.19. The molecular weight excluding hydrogens is 336 g/mol. The second-order valence-corrected chi connectivity index (χ2v) is 7.63. The molecule has 126 valence electrons. The van der Waals surface area contributed by atoms with E-state index in [2.05, 4.69) is 10.3 Å². The molecule has 0 aliphatic heterocycles. The molecule has 2 aromatic carbocycles. The Morgan fingerprint density at radius 2 is 1.68 bits per heavy atom. The highest BCUT2D eigenvalue weighted by molar-refractivity contribution is 7.90. The van der Waals surface area contributed by atoms with Crippen LogP contribution >= 0.6 is 0 Å². The molecule has 1 unspecified atom stereocenters. The van der Waals surface area contributed by atoms with E-state index in [-0.39, 0.29) is 10.9 Å². The van der Waals surface area contributed by atoms with E-state index in [0.717, 1.165) is 16.6 Å². The van der Waals surface area contributed by atoms with Crippen LogP contribution in [0.2, 0.25) is 0 Å². The molecule has 0 aliphatic rings. The maximum Gasteiger partial charge on any atom is 0.267 e. The van der Waals surface area contributed by atoms with Gasteiger partial charge in [-0.15, -0.1) is 5.10 Å². The lowest BCUT2D eigenvalue weighted by Crippen LogP contribution is -2.12. The second kappa shape index (κ2) is 5.86. The molecule has 0 bridgehead atoms. The Labute approximate surface area is 145 Å². The average Bonchev–Trinajstić information content (AvgIpc) is 3.30. The lowest BCUT2D eigenvalue weighted by atomic mass is 10.2. The van der Waals surface area contributed by atoms with Gasteiger partial charge in [0.1, 0.15) is 5.52 Å². The van der Waals surface area contributed by atoms with E-state index in [1.807, 2.05) is 31.2 Å². The van der Waals surface area contributed by atoms with Crippen molar-refractivity contribution in [2.45, 2.75) is 17.9 Å². The van der Waals surface area contributed by atoms with Gasteiger partial charge in [0.2, 0.25) is 0 Å². The fourth-order valence-corrected chi connectivity index (χ4v) is 4.04. The number of rotatable bonds is 4. The summed E-state index contributed by atoms with van der Waals surface area (Å²) in [5.41, 5.74) is 2.56. The zero-order chi connectivity index (χ0) is 17.4. The molecule has 4 rings (SSSR count). The van der Waals surface area contributed by atoms with E-state index in [9.17, 15) is 8.42 Å². The summed E-state index contributed by atoms with van der Waals surface area (Å²) in [4.78, 5) is 0.260. The van der Waals surface area contributed by atoms with Gasteiger partial charge < -0.3 is 0 Å². The van der Waals surface area contributed by atoms with Crippen LogP contribution in [0.1, 0.15) is 18.5 Å². The molecule has 0 saturated carbocycles. The first-order chi connectivity index (χ1) is 12.1. The quantitative estimate of drug-likeness (QED) is 0.566. The molecule has 0 N–H and O–H groups in total. The van der Waals surface area contributed by atoms with Crippen molar-refractivity contribution in [1.29, 1.82) is 0 Å². The SMILES string of the molecule is CC(c1ccn(S(=O)(=O)c2ccccc2)c1)n1nnc2ccccc21. The topological polar surface area (TPSA) is 69.8 Å². The summed E-state index contributed by atoms with van der Waals surface area (Å²) in [6, 6.07) is 17.7. The van der Waals surface area contributed by atoms with Crippen molar-refractivity contribution in [1.82, 2.24) is 19.0 Å². The van der Waals surface area contributed by atoms with Crippen molar-refractivity contribution >= 4 is 21.1 Å². The Bertz CT molecular complexity index is 1130. The first-order valence-corrected chi connectivity index (χ1v) is 9.30. The Kier molecular flexibility index (Phi) is 3.65. The fraction of sp³-hybridized carbons (Fsp3) is 0.111. The van der Waals surface area contributed by atoms with Crippen LogP contribution in [0.5, 0.6) is 0 Å². The first-order valence-electron chi connectivity index (χ1n) is 7.86. The summed E-state index contributed by atoms with van der Waals surface area (Å²) in [6.45, 7) is 1.97. The van der Waals surface area contributed by atoms with Crippen molar-refractivity contribution in [3.8, 4) is 0 Å². The van der Waals surface area contributed by atoms with Gasteiger partial charge in [0.25, 0.3) is 10.0 Å². The highest BCUT2D eigenvalue weighted by Crippen LogP contribution is 2.23. The predicted octanol–water partition coefficient (Wildman–Crippen LogP) is 3.08. The van der Waals surface area contributed by atoms with Crippen LogP contribution in [-0.4, -0.2) is 27.4 Å². The highest BCUT2D eigenvalue weighted by atomic mass is 32.2. The molecule has 6 nitrogen and oxygen atoms in total. The van der Waals surface area contributed by atoms with Crippen molar-refractivity contribution in [2.24, 2.45) is 0 Å². The summed E-state index contributed by atoms with van der Waals surface area (Å²) in [6.07, 6.45) is 3.19. The Hall–Kier alpha value is -2.93. The van der Waals surface area contributed by atoms with E-state index >= 15 is 0 Å². The average molecular weight is 352 g/mol. The summed E-state index contributed by atoms with van der Waals surface area (Å²) in [7, 11) is -3.59. The van der Waals surface area contributed by atoms with Gasteiger partial charge in [-0.2, -0.15) is 0 Å². The molecule has 1 atom stereocenters. The molecule has 25 heavy (non-hydrogen) atoms. The van der Waals surface area contributed by atoms with Gasteiger partial charge in [0, 0.05) is 12.4 Å². The number of benzene rings is 2. The van der Waals surface area contributed by atoms with Crippen molar-refractivity contribution in [3.05, 3.63) is 78.6 Å². The third-order valence-corrected chi connectivity index (χ3v) is 5.89. The van der Waals surface area contributed by atoms with Gasteiger partial charge in [0.15, 0.2) is 0 Å². The Morgan fingerprint density at radius 1 is 0.960 bits per heavy atom. The maximum absolute atomic E-state index is 12.7. The molecular formula is C18H16N4O2S. The Balaban J connectivity index is 1.72. The van der Waals surface area contributed by atoms with Crippen LogP contribution in [-0.2, 0) is 10.0 Å². The van der Waals surface area contributed by atoms with Crippen LogP contribution in [0.3, 0.4) is 0 Å². The molecule has 4 aromatic rings. The van der Waals surface area contributed by atoms with Gasteiger partial charge in [-0.1, -0.05) is 35.5 Å². The fourth-order valence-electron chi connectivity index (χ4n) is 2.82. The molecule has 0 amide bonds. The number of hydrogen-bond donors (Lipinski definition) is 0. The minimum atomic E-state index is -3.59. The third kappa shape index (κ3) is 2.62. The van der Waals surface area contributed by atoms with Gasteiger partial charge in [-0.05, 0) is 42.8 Å². The second-order valence-electron chi connectivity index (χ2n) is 5.79. The van der Waals surface area contributed by atoms with E-state index in [1.165, 1.54) is 3.97 Å². The van der Waals surface area contributed by atoms with Gasteiger partial charge >= 0.3 is 0 Å². The molecule has 0 spiro atoms. The van der Waals surface area contributed by atoms with E-state index in [4.69, 9.17) is 0 Å². The van der Waals surface area contributed by atoms with Crippen LogP contribution in [0, 0.1) is 0 Å². The van der Waals surface area contributed by atoms with Gasteiger partial charge in [-0.25, -0.2) is 17.1 Å². The van der Waals surface area contributed by atoms with Gasteiger partial charge in [0.05, 0.1) is 16.5 Å². The molecule has 0 saturated heterocycles. The minimum absolute atomic E-state index is 0.139. The number of fused-ring (bicyclic) bond motifs is 1. The first kappa shape index (κ1) is 15.6. The van der Waals surface area contributed by atoms with E-state index in [1.54, 1.807) is 53.5 Å². The third-order valence-electron chi connectivity index (χ3n) is 4.24. The van der Waals surface area contributed by atoms with Crippen LogP contribution < -0.4 is 0 Å². The lowest BCUT2D eigenvalue weighted by molar-refractivity contribution is 0.559. The maximum atomic E-state index is 12.7. The van der Waals surface area contributed by atoms with Crippen molar-refractivity contribution in [2.75, 3.05) is 0 Å². The number of nitrogens with zero attached hydrogens (tertiary/aromatic N) is 4. The summed E-state index contributed by atoms with van der Waals surface area (Å²) in [5.74, 6) is 0. The van der Waals surface area contributed by atoms with Crippen LogP contribution in [0.25, 0.3) is 11.0 Å². The smallest absolute Gasteiger partial charge is 0.249 e. The van der Waals surface area contributed by atoms with Crippen molar-refractivity contribution < 1.29 is 8.42 Å². The van der Waals surface area contributed by atoms with Crippen LogP contribution in [0.15, 0.2) is 78.0 Å². The standard InChI is InChI=1S/C18H16N4O2S/c1-14(22-18-10-6-5-9-17(18)19-20-22)15-11-12-21(13-15)25(23,24)16-7-3-2-4-8-16/h2-14H,1H3. The monoisotopic (exact) mass is 352 g/mol. The predicted molar refractivity (Wildman–Crippen MR) is 94.8 cm³/mol. The molecule has 7 heteroatoms.